The van der Waals surface area contributed by atoms with Gasteiger partial charge in [0.1, 0.15) is 0 Å². The molecule has 2 rings (SSSR count). The highest BCUT2D eigenvalue weighted by atomic mass is 79.9. The predicted octanol–water partition coefficient (Wildman–Crippen LogP) is 4.03. The maximum Gasteiger partial charge on any atom is 0.0830 e. The van der Waals surface area contributed by atoms with Crippen LogP contribution in [0.5, 0.6) is 0 Å². The molecule has 0 aliphatic carbocycles. The van der Waals surface area contributed by atoms with Crippen molar-refractivity contribution in [3.63, 3.8) is 0 Å². The molecule has 0 aliphatic rings. The number of benzene rings is 2. The Bertz CT molecular complexity index is 508. The summed E-state index contributed by atoms with van der Waals surface area (Å²) >= 11 is 3.42. The predicted molar refractivity (Wildman–Crippen MR) is 74.0 cm³/mol. The van der Waals surface area contributed by atoms with Crippen molar-refractivity contribution in [3.05, 3.63) is 69.7 Å². The largest absolute Gasteiger partial charge is 0.388 e. The zero-order chi connectivity index (χ0) is 12.3. The highest BCUT2D eigenvalue weighted by molar-refractivity contribution is 9.10. The molecule has 1 atom stereocenters. The first-order valence-electron chi connectivity index (χ1n) is 5.64. The highest BCUT2D eigenvalue weighted by Crippen LogP contribution is 2.21. The molecule has 2 aromatic rings. The van der Waals surface area contributed by atoms with E-state index < -0.39 is 6.10 Å². The minimum absolute atomic E-state index is 0.450. The summed E-state index contributed by atoms with van der Waals surface area (Å²) in [5, 5.41) is 10.2. The van der Waals surface area contributed by atoms with Gasteiger partial charge in [-0.25, -0.2) is 0 Å². The average molecular weight is 291 g/mol. The van der Waals surface area contributed by atoms with Crippen LogP contribution >= 0.6 is 15.9 Å². The van der Waals surface area contributed by atoms with Gasteiger partial charge in [0.05, 0.1) is 6.10 Å². The van der Waals surface area contributed by atoms with E-state index in [1.54, 1.807) is 0 Å². The van der Waals surface area contributed by atoms with Crippen molar-refractivity contribution in [2.75, 3.05) is 0 Å². The maximum atomic E-state index is 10.2. The number of aliphatic hydroxyl groups excluding tert-OH is 1. The van der Waals surface area contributed by atoms with Crippen molar-refractivity contribution in [1.82, 2.24) is 0 Å². The van der Waals surface area contributed by atoms with E-state index in [0.717, 1.165) is 15.6 Å². The van der Waals surface area contributed by atoms with E-state index >= 15 is 0 Å². The van der Waals surface area contributed by atoms with Crippen LogP contribution in [0.1, 0.15) is 22.8 Å². The molecule has 0 amide bonds. The van der Waals surface area contributed by atoms with E-state index in [2.05, 4.69) is 35.0 Å². The third-order valence-electron chi connectivity index (χ3n) is 2.74. The number of hydrogen-bond acceptors (Lipinski definition) is 1. The van der Waals surface area contributed by atoms with Crippen LogP contribution in [0.15, 0.2) is 53.0 Å². The van der Waals surface area contributed by atoms with Crippen LogP contribution in [-0.4, -0.2) is 5.11 Å². The van der Waals surface area contributed by atoms with Crippen LogP contribution in [0, 0.1) is 6.92 Å². The molecule has 0 spiro atoms. The van der Waals surface area contributed by atoms with Crippen LogP contribution in [0.4, 0.5) is 0 Å². The Morgan fingerprint density at radius 1 is 1.12 bits per heavy atom. The number of rotatable bonds is 3. The van der Waals surface area contributed by atoms with Gasteiger partial charge in [-0.3, -0.25) is 0 Å². The lowest BCUT2D eigenvalue weighted by Gasteiger charge is -2.11. The zero-order valence-corrected chi connectivity index (χ0v) is 11.3. The lowest BCUT2D eigenvalue weighted by molar-refractivity contribution is 0.178. The molecule has 0 radical (unpaired) electrons. The third-order valence-corrected chi connectivity index (χ3v) is 3.24. The summed E-state index contributed by atoms with van der Waals surface area (Å²) in [6, 6.07) is 16.1. The van der Waals surface area contributed by atoms with E-state index in [1.165, 1.54) is 5.56 Å². The van der Waals surface area contributed by atoms with E-state index in [4.69, 9.17) is 0 Å². The molecule has 17 heavy (non-hydrogen) atoms. The van der Waals surface area contributed by atoms with Crippen LogP contribution in [0.3, 0.4) is 0 Å². The van der Waals surface area contributed by atoms with Gasteiger partial charge in [0.25, 0.3) is 0 Å². The normalized spacial score (nSPS) is 12.4. The maximum absolute atomic E-state index is 10.2. The zero-order valence-electron chi connectivity index (χ0n) is 9.73. The molecule has 0 fully saturated rings. The van der Waals surface area contributed by atoms with Crippen molar-refractivity contribution in [3.8, 4) is 0 Å². The molecule has 2 aromatic carbocycles. The monoisotopic (exact) mass is 290 g/mol. The molecule has 0 aromatic heterocycles. The van der Waals surface area contributed by atoms with Crippen LogP contribution in [-0.2, 0) is 6.42 Å². The Hall–Kier alpha value is -1.12. The topological polar surface area (TPSA) is 20.2 Å². The van der Waals surface area contributed by atoms with Gasteiger partial charge in [-0.1, -0.05) is 57.9 Å². The van der Waals surface area contributed by atoms with Crippen LogP contribution < -0.4 is 0 Å². The van der Waals surface area contributed by atoms with Crippen molar-refractivity contribution in [1.29, 1.82) is 0 Å². The first-order chi connectivity index (χ1) is 8.15. The van der Waals surface area contributed by atoms with Crippen molar-refractivity contribution < 1.29 is 5.11 Å². The fourth-order valence-electron chi connectivity index (χ4n) is 1.89. The smallest absolute Gasteiger partial charge is 0.0830 e. The molecule has 0 saturated heterocycles. The average Bonchev–Trinajstić information content (AvgIpc) is 2.29. The quantitative estimate of drug-likeness (QED) is 0.905. The lowest BCUT2D eigenvalue weighted by Crippen LogP contribution is -2.01. The van der Waals surface area contributed by atoms with Crippen LogP contribution in [0.25, 0.3) is 0 Å². The van der Waals surface area contributed by atoms with Crippen molar-refractivity contribution in [2.45, 2.75) is 19.4 Å². The fraction of sp³-hybridized carbons (Fsp3) is 0.200. The molecular formula is C15H15BrO. The Morgan fingerprint density at radius 2 is 1.88 bits per heavy atom. The van der Waals surface area contributed by atoms with Gasteiger partial charge >= 0.3 is 0 Å². The summed E-state index contributed by atoms with van der Waals surface area (Å²) in [7, 11) is 0. The Kier molecular flexibility index (Phi) is 3.97. The Morgan fingerprint density at radius 3 is 2.59 bits per heavy atom. The van der Waals surface area contributed by atoms with Gasteiger partial charge in [0.2, 0.25) is 0 Å². The molecule has 0 heterocycles. The molecule has 88 valence electrons. The third kappa shape index (κ3) is 3.42. The number of hydrogen-bond donors (Lipinski definition) is 1. The lowest BCUT2D eigenvalue weighted by atomic mass is 10.0. The van der Waals surface area contributed by atoms with E-state index in [0.29, 0.717) is 6.42 Å². The SMILES string of the molecule is Cc1cccc(CC(O)c2cccc(Br)c2)c1. The van der Waals surface area contributed by atoms with Gasteiger partial charge < -0.3 is 5.11 Å². The Balaban J connectivity index is 2.14. The molecular weight excluding hydrogens is 276 g/mol. The molecule has 0 aliphatic heterocycles. The first kappa shape index (κ1) is 12.3. The highest BCUT2D eigenvalue weighted by Gasteiger charge is 2.08. The van der Waals surface area contributed by atoms with E-state index in [9.17, 15) is 5.11 Å². The van der Waals surface area contributed by atoms with Crippen LogP contribution in [0.2, 0.25) is 0 Å². The molecule has 0 saturated carbocycles. The van der Waals surface area contributed by atoms with Gasteiger partial charge in [-0.05, 0) is 30.2 Å². The molecule has 0 bridgehead atoms. The minimum atomic E-state index is -0.450. The molecule has 1 unspecified atom stereocenters. The second-order valence-corrected chi connectivity index (χ2v) is 5.18. The number of aryl methyl sites for hydroxylation is 1. The van der Waals surface area contributed by atoms with Gasteiger partial charge in [-0.15, -0.1) is 0 Å². The van der Waals surface area contributed by atoms with E-state index in [-0.39, 0.29) is 0 Å². The van der Waals surface area contributed by atoms with Gasteiger partial charge in [0.15, 0.2) is 0 Å². The van der Waals surface area contributed by atoms with Crippen molar-refractivity contribution >= 4 is 15.9 Å². The summed E-state index contributed by atoms with van der Waals surface area (Å²) in [5.74, 6) is 0. The summed E-state index contributed by atoms with van der Waals surface area (Å²) in [6.07, 6.45) is 0.201. The van der Waals surface area contributed by atoms with Gasteiger partial charge in [-0.2, -0.15) is 0 Å². The first-order valence-corrected chi connectivity index (χ1v) is 6.43. The second kappa shape index (κ2) is 5.48. The number of halogens is 1. The fourth-order valence-corrected chi connectivity index (χ4v) is 2.31. The second-order valence-electron chi connectivity index (χ2n) is 4.26. The summed E-state index contributed by atoms with van der Waals surface area (Å²) in [4.78, 5) is 0. The van der Waals surface area contributed by atoms with E-state index in [1.807, 2.05) is 36.4 Å². The summed E-state index contributed by atoms with van der Waals surface area (Å²) in [6.45, 7) is 2.06. The minimum Gasteiger partial charge on any atom is -0.388 e. The molecule has 1 nitrogen and oxygen atoms in total. The van der Waals surface area contributed by atoms with Crippen molar-refractivity contribution in [2.24, 2.45) is 0 Å². The standard InChI is InChI=1S/C15H15BrO/c1-11-4-2-5-12(8-11)9-15(17)13-6-3-7-14(16)10-13/h2-8,10,15,17H,9H2,1H3. The molecule has 1 N–H and O–H groups in total. The van der Waals surface area contributed by atoms with Gasteiger partial charge in [0, 0.05) is 10.9 Å². The number of aliphatic hydroxyl groups is 1. The summed E-state index contributed by atoms with van der Waals surface area (Å²) in [5.41, 5.74) is 3.34. The summed E-state index contributed by atoms with van der Waals surface area (Å²) < 4.78 is 0.998. The Labute approximate surface area is 110 Å². The molecule has 2 heteroatoms.